The SMILES string of the molecule is O=[N+]([O-])c1cc(F)cc(F)c1OCF. The molecule has 0 spiro atoms. The quantitative estimate of drug-likeness (QED) is 0.563. The molecule has 0 bridgehead atoms. The van der Waals surface area contributed by atoms with E-state index >= 15 is 0 Å². The number of halogens is 3. The fourth-order valence-electron chi connectivity index (χ4n) is 0.880. The maximum absolute atomic E-state index is 12.8. The van der Waals surface area contributed by atoms with Crippen molar-refractivity contribution in [3.8, 4) is 5.75 Å². The first-order valence-electron chi connectivity index (χ1n) is 3.38. The van der Waals surface area contributed by atoms with Gasteiger partial charge in [-0.2, -0.15) is 0 Å². The van der Waals surface area contributed by atoms with Crippen molar-refractivity contribution in [1.29, 1.82) is 0 Å². The van der Waals surface area contributed by atoms with Crippen LogP contribution in [0.3, 0.4) is 0 Å². The number of alkyl halides is 1. The van der Waals surface area contributed by atoms with Crippen LogP contribution in [0.5, 0.6) is 5.75 Å². The van der Waals surface area contributed by atoms with Gasteiger partial charge in [0.25, 0.3) is 0 Å². The summed E-state index contributed by atoms with van der Waals surface area (Å²) in [6, 6.07) is 0.825. The summed E-state index contributed by atoms with van der Waals surface area (Å²) >= 11 is 0. The molecule has 0 radical (unpaired) electrons. The molecule has 14 heavy (non-hydrogen) atoms. The summed E-state index contributed by atoms with van der Waals surface area (Å²) in [5.74, 6) is -3.34. The Bertz CT molecular complexity index is 369. The lowest BCUT2D eigenvalue weighted by molar-refractivity contribution is -0.386. The zero-order valence-corrected chi connectivity index (χ0v) is 6.67. The van der Waals surface area contributed by atoms with Gasteiger partial charge in [0.15, 0.2) is 5.82 Å². The Kier molecular flexibility index (Phi) is 2.90. The van der Waals surface area contributed by atoms with Gasteiger partial charge < -0.3 is 4.74 Å². The highest BCUT2D eigenvalue weighted by Crippen LogP contribution is 2.30. The van der Waals surface area contributed by atoms with Crippen molar-refractivity contribution < 1.29 is 22.8 Å². The van der Waals surface area contributed by atoms with Crippen LogP contribution in [0.1, 0.15) is 0 Å². The Morgan fingerprint density at radius 1 is 1.43 bits per heavy atom. The van der Waals surface area contributed by atoms with E-state index in [1.807, 2.05) is 0 Å². The van der Waals surface area contributed by atoms with Crippen molar-refractivity contribution in [3.63, 3.8) is 0 Å². The van der Waals surface area contributed by atoms with Crippen molar-refractivity contribution in [2.24, 2.45) is 0 Å². The summed E-state index contributed by atoms with van der Waals surface area (Å²) in [6.07, 6.45) is 0. The van der Waals surface area contributed by atoms with Crippen LogP contribution >= 0.6 is 0 Å². The highest BCUT2D eigenvalue weighted by molar-refractivity contribution is 5.47. The molecule has 0 atom stereocenters. The fraction of sp³-hybridized carbons (Fsp3) is 0.143. The lowest BCUT2D eigenvalue weighted by Crippen LogP contribution is -2.00. The van der Waals surface area contributed by atoms with E-state index in [9.17, 15) is 23.3 Å². The highest BCUT2D eigenvalue weighted by Gasteiger charge is 2.21. The van der Waals surface area contributed by atoms with Crippen molar-refractivity contribution >= 4 is 5.69 Å². The Hall–Kier alpha value is -1.79. The van der Waals surface area contributed by atoms with Crippen LogP contribution in [-0.2, 0) is 0 Å². The molecule has 76 valence electrons. The van der Waals surface area contributed by atoms with Crippen LogP contribution < -0.4 is 4.74 Å². The molecule has 0 aliphatic carbocycles. The number of rotatable bonds is 3. The van der Waals surface area contributed by atoms with Crippen molar-refractivity contribution in [2.45, 2.75) is 0 Å². The van der Waals surface area contributed by atoms with Gasteiger partial charge in [0.1, 0.15) is 5.82 Å². The second kappa shape index (κ2) is 3.95. The molecule has 0 aromatic heterocycles. The highest BCUT2D eigenvalue weighted by atomic mass is 19.1. The zero-order valence-electron chi connectivity index (χ0n) is 6.67. The minimum Gasteiger partial charge on any atom is -0.453 e. The first-order chi connectivity index (χ1) is 6.56. The predicted molar refractivity (Wildman–Crippen MR) is 39.6 cm³/mol. The standard InChI is InChI=1S/C7H4F3NO3/c8-3-14-7-5(10)1-4(9)2-6(7)11(12)13/h1-2H,3H2. The molecule has 0 aliphatic rings. The molecule has 0 heterocycles. The number of hydrogen-bond acceptors (Lipinski definition) is 3. The summed E-state index contributed by atoms with van der Waals surface area (Å²) in [4.78, 5) is 9.21. The molecule has 7 heteroatoms. The number of hydrogen-bond donors (Lipinski definition) is 0. The average molecular weight is 207 g/mol. The molecule has 0 saturated heterocycles. The predicted octanol–water partition coefficient (Wildman–Crippen LogP) is 2.18. The number of ether oxygens (including phenoxy) is 1. The molecule has 4 nitrogen and oxygen atoms in total. The summed E-state index contributed by atoms with van der Waals surface area (Å²) in [5.41, 5.74) is -0.944. The van der Waals surface area contributed by atoms with Gasteiger partial charge >= 0.3 is 5.69 Å². The van der Waals surface area contributed by atoms with Gasteiger partial charge in [-0.25, -0.2) is 13.2 Å². The molecule has 0 amide bonds. The summed E-state index contributed by atoms with van der Waals surface area (Å²) < 4.78 is 41.1. The van der Waals surface area contributed by atoms with Gasteiger partial charge in [-0.1, -0.05) is 0 Å². The van der Waals surface area contributed by atoms with Crippen LogP contribution in [0.15, 0.2) is 12.1 Å². The van der Waals surface area contributed by atoms with E-state index in [1.165, 1.54) is 0 Å². The zero-order chi connectivity index (χ0) is 10.7. The van der Waals surface area contributed by atoms with Crippen LogP contribution in [-0.4, -0.2) is 11.8 Å². The van der Waals surface area contributed by atoms with Gasteiger partial charge in [-0.15, -0.1) is 0 Å². The molecule has 1 aromatic rings. The van der Waals surface area contributed by atoms with Gasteiger partial charge in [0.05, 0.1) is 11.0 Å². The Labute approximate surface area is 76.1 Å². The van der Waals surface area contributed by atoms with Crippen LogP contribution in [0.4, 0.5) is 18.9 Å². The molecule has 1 aromatic carbocycles. The summed E-state index contributed by atoms with van der Waals surface area (Å²) in [5, 5.41) is 10.3. The number of nitro groups is 1. The number of nitro benzene ring substituents is 1. The van der Waals surface area contributed by atoms with Gasteiger partial charge in [-0.05, 0) is 0 Å². The minimum absolute atomic E-state index is 0.373. The number of nitrogens with zero attached hydrogens (tertiary/aromatic N) is 1. The monoisotopic (exact) mass is 207 g/mol. The molecule has 0 aliphatic heterocycles. The summed E-state index contributed by atoms with van der Waals surface area (Å²) in [6.45, 7) is -1.43. The Balaban J connectivity index is 3.28. The normalized spacial score (nSPS) is 9.93. The third-order valence-corrected chi connectivity index (χ3v) is 1.38. The molecular weight excluding hydrogens is 203 g/mol. The topological polar surface area (TPSA) is 52.4 Å². The van der Waals surface area contributed by atoms with Crippen molar-refractivity contribution in [1.82, 2.24) is 0 Å². The Morgan fingerprint density at radius 3 is 2.57 bits per heavy atom. The lowest BCUT2D eigenvalue weighted by atomic mass is 10.3. The van der Waals surface area contributed by atoms with Crippen molar-refractivity contribution in [3.05, 3.63) is 33.9 Å². The van der Waals surface area contributed by atoms with E-state index < -0.39 is 34.9 Å². The van der Waals surface area contributed by atoms with E-state index in [0.29, 0.717) is 12.1 Å². The summed E-state index contributed by atoms with van der Waals surface area (Å²) in [7, 11) is 0. The largest absolute Gasteiger partial charge is 0.453 e. The molecule has 0 N–H and O–H groups in total. The molecular formula is C7H4F3NO3. The van der Waals surface area contributed by atoms with Gasteiger partial charge in [0, 0.05) is 6.07 Å². The smallest absolute Gasteiger partial charge is 0.317 e. The lowest BCUT2D eigenvalue weighted by Gasteiger charge is -2.03. The molecule has 0 saturated carbocycles. The van der Waals surface area contributed by atoms with E-state index in [4.69, 9.17) is 0 Å². The molecule has 1 rings (SSSR count). The van der Waals surface area contributed by atoms with E-state index in [0.717, 1.165) is 0 Å². The first-order valence-corrected chi connectivity index (χ1v) is 3.38. The average Bonchev–Trinajstić information content (AvgIpc) is 2.09. The maximum Gasteiger partial charge on any atom is 0.317 e. The Morgan fingerprint density at radius 2 is 2.07 bits per heavy atom. The second-order valence-corrected chi connectivity index (χ2v) is 2.25. The third-order valence-electron chi connectivity index (χ3n) is 1.38. The van der Waals surface area contributed by atoms with Gasteiger partial charge in [-0.3, -0.25) is 10.1 Å². The molecule has 0 fully saturated rings. The van der Waals surface area contributed by atoms with Crippen LogP contribution in [0, 0.1) is 21.7 Å². The third kappa shape index (κ3) is 1.93. The fourth-order valence-corrected chi connectivity index (χ4v) is 0.880. The second-order valence-electron chi connectivity index (χ2n) is 2.25. The van der Waals surface area contributed by atoms with E-state index in [-0.39, 0.29) is 0 Å². The van der Waals surface area contributed by atoms with E-state index in [1.54, 1.807) is 0 Å². The van der Waals surface area contributed by atoms with Crippen LogP contribution in [0.2, 0.25) is 0 Å². The first kappa shape index (κ1) is 10.3. The van der Waals surface area contributed by atoms with Gasteiger partial charge in [0.2, 0.25) is 12.6 Å². The molecule has 0 unspecified atom stereocenters. The number of benzene rings is 1. The van der Waals surface area contributed by atoms with E-state index in [2.05, 4.69) is 4.74 Å². The van der Waals surface area contributed by atoms with Crippen molar-refractivity contribution in [2.75, 3.05) is 6.86 Å². The minimum atomic E-state index is -1.43. The maximum atomic E-state index is 12.8. The van der Waals surface area contributed by atoms with Crippen LogP contribution in [0.25, 0.3) is 0 Å².